The summed E-state index contributed by atoms with van der Waals surface area (Å²) in [5.41, 5.74) is 1.53. The van der Waals surface area contributed by atoms with Crippen LogP contribution in [0.1, 0.15) is 29.0 Å². The Morgan fingerprint density at radius 2 is 1.94 bits per heavy atom. The average molecular weight is 480 g/mol. The van der Waals surface area contributed by atoms with E-state index in [1.165, 1.54) is 0 Å². The molecule has 3 heterocycles. The van der Waals surface area contributed by atoms with E-state index in [2.05, 4.69) is 10.3 Å². The smallest absolute Gasteiger partial charge is 0.253 e. The Morgan fingerprint density at radius 3 is 2.76 bits per heavy atom. The highest BCUT2D eigenvalue weighted by atomic mass is 35.5. The van der Waals surface area contributed by atoms with Crippen LogP contribution < -0.4 is 5.32 Å². The van der Waals surface area contributed by atoms with Crippen LogP contribution in [0.2, 0.25) is 5.02 Å². The Morgan fingerprint density at radius 1 is 1.12 bits per heavy atom. The molecule has 6 nitrogen and oxygen atoms in total. The lowest BCUT2D eigenvalue weighted by Gasteiger charge is -2.32. The molecule has 0 spiro atoms. The minimum atomic E-state index is -0.242. The molecule has 1 atom stereocenters. The van der Waals surface area contributed by atoms with Gasteiger partial charge in [0.05, 0.1) is 22.7 Å². The van der Waals surface area contributed by atoms with Gasteiger partial charge in [0, 0.05) is 23.7 Å². The van der Waals surface area contributed by atoms with Crippen LogP contribution in [0.5, 0.6) is 0 Å². The Bertz CT molecular complexity index is 1260. The van der Waals surface area contributed by atoms with E-state index in [1.807, 2.05) is 36.4 Å². The van der Waals surface area contributed by atoms with Crippen LogP contribution in [0.3, 0.4) is 0 Å². The van der Waals surface area contributed by atoms with Crippen molar-refractivity contribution in [2.45, 2.75) is 19.4 Å². The van der Waals surface area contributed by atoms with Gasteiger partial charge in [0.15, 0.2) is 10.8 Å². The number of nitrogens with one attached hydrogen (secondary N) is 1. The number of hydrogen-bond donors (Lipinski definition) is 1. The molecule has 2 aromatic carbocycles. The number of halogens is 1. The predicted octanol–water partition coefficient (Wildman–Crippen LogP) is 5.38. The van der Waals surface area contributed by atoms with Crippen LogP contribution in [0.25, 0.3) is 21.0 Å². The number of thiazole rings is 1. The second-order valence-electron chi connectivity index (χ2n) is 8.07. The number of benzene rings is 2. The zero-order valence-electron chi connectivity index (χ0n) is 17.8. The molecule has 1 N–H and O–H groups in total. The molecule has 5 rings (SSSR count). The fourth-order valence-electron chi connectivity index (χ4n) is 4.03. The van der Waals surface area contributed by atoms with Crippen molar-refractivity contribution in [1.29, 1.82) is 0 Å². The number of hydrogen-bond acceptors (Lipinski definition) is 5. The molecule has 2 amide bonds. The Kier molecular flexibility index (Phi) is 6.15. The molecule has 0 radical (unpaired) electrons. The van der Waals surface area contributed by atoms with Crippen LogP contribution in [-0.2, 0) is 11.3 Å². The summed E-state index contributed by atoms with van der Waals surface area (Å²) in [6, 6.07) is 18.5. The summed E-state index contributed by atoms with van der Waals surface area (Å²) in [7, 11) is 0. The van der Waals surface area contributed by atoms with Crippen molar-refractivity contribution in [2.75, 3.05) is 13.1 Å². The van der Waals surface area contributed by atoms with E-state index in [9.17, 15) is 9.59 Å². The normalized spacial score (nSPS) is 16.2. The predicted molar refractivity (Wildman–Crippen MR) is 129 cm³/mol. The Balaban J connectivity index is 1.18. The van der Waals surface area contributed by atoms with Gasteiger partial charge in [-0.25, -0.2) is 4.98 Å². The summed E-state index contributed by atoms with van der Waals surface area (Å²) in [5, 5.41) is 4.37. The topological polar surface area (TPSA) is 75.4 Å². The molecule has 1 aliphatic heterocycles. The fourth-order valence-corrected chi connectivity index (χ4v) is 5.09. The summed E-state index contributed by atoms with van der Waals surface area (Å²) in [6.45, 7) is 1.35. The number of furan rings is 1. The summed E-state index contributed by atoms with van der Waals surface area (Å²) in [5.74, 6) is 0.978. The summed E-state index contributed by atoms with van der Waals surface area (Å²) in [6.07, 6.45) is 1.55. The van der Waals surface area contributed by atoms with Crippen molar-refractivity contribution < 1.29 is 14.0 Å². The summed E-state index contributed by atoms with van der Waals surface area (Å²) in [4.78, 5) is 31.9. The molecule has 0 saturated carbocycles. The van der Waals surface area contributed by atoms with E-state index in [0.717, 1.165) is 28.1 Å². The fraction of sp³-hybridized carbons (Fsp3) is 0.240. The molecule has 0 bridgehead atoms. The van der Waals surface area contributed by atoms with Crippen molar-refractivity contribution in [2.24, 2.45) is 5.92 Å². The highest BCUT2D eigenvalue weighted by molar-refractivity contribution is 7.21. The lowest BCUT2D eigenvalue weighted by atomic mass is 9.96. The van der Waals surface area contributed by atoms with Gasteiger partial charge < -0.3 is 14.6 Å². The van der Waals surface area contributed by atoms with Gasteiger partial charge in [0.25, 0.3) is 5.91 Å². The SMILES string of the molecule is O=C(NCc1ccc(-c2nc3ccccc3s2)o1)C1CCCN(C(=O)c2ccc(Cl)cc2)C1. The molecule has 33 heavy (non-hydrogen) atoms. The maximum absolute atomic E-state index is 12.8. The highest BCUT2D eigenvalue weighted by Gasteiger charge is 2.29. The van der Waals surface area contributed by atoms with Crippen molar-refractivity contribution in [3.05, 3.63) is 77.0 Å². The van der Waals surface area contributed by atoms with Gasteiger partial charge in [-0.15, -0.1) is 11.3 Å². The third kappa shape index (κ3) is 4.79. The zero-order chi connectivity index (χ0) is 22.8. The number of carbonyl (C=O) groups is 2. The molecule has 4 aromatic rings. The van der Waals surface area contributed by atoms with Crippen LogP contribution in [0.15, 0.2) is 65.1 Å². The first-order chi connectivity index (χ1) is 16.1. The Labute approximate surface area is 200 Å². The third-order valence-electron chi connectivity index (χ3n) is 5.77. The van der Waals surface area contributed by atoms with E-state index in [1.54, 1.807) is 40.5 Å². The molecule has 1 saturated heterocycles. The van der Waals surface area contributed by atoms with E-state index >= 15 is 0 Å². The van der Waals surface area contributed by atoms with Crippen molar-refractivity contribution >= 4 is 45.0 Å². The maximum Gasteiger partial charge on any atom is 0.253 e. The summed E-state index contributed by atoms with van der Waals surface area (Å²) >= 11 is 7.49. The second-order valence-corrected chi connectivity index (χ2v) is 9.53. The molecule has 8 heteroatoms. The van der Waals surface area contributed by atoms with E-state index in [0.29, 0.717) is 41.7 Å². The maximum atomic E-state index is 12.8. The number of para-hydroxylation sites is 1. The lowest BCUT2D eigenvalue weighted by Crippen LogP contribution is -2.45. The van der Waals surface area contributed by atoms with E-state index in [-0.39, 0.29) is 17.7 Å². The molecule has 1 unspecified atom stereocenters. The third-order valence-corrected chi connectivity index (χ3v) is 7.08. The second kappa shape index (κ2) is 9.37. The largest absolute Gasteiger partial charge is 0.457 e. The van der Waals surface area contributed by atoms with Crippen molar-refractivity contribution in [3.63, 3.8) is 0 Å². The van der Waals surface area contributed by atoms with Gasteiger partial charge in [-0.3, -0.25) is 9.59 Å². The Hall–Kier alpha value is -3.16. The average Bonchev–Trinajstić information content (AvgIpc) is 3.49. The molecular weight excluding hydrogens is 458 g/mol. The van der Waals surface area contributed by atoms with Crippen LogP contribution in [0.4, 0.5) is 0 Å². The first-order valence-electron chi connectivity index (χ1n) is 10.8. The van der Waals surface area contributed by atoms with Gasteiger partial charge in [0.1, 0.15) is 5.76 Å². The molecule has 2 aromatic heterocycles. The van der Waals surface area contributed by atoms with Gasteiger partial charge in [-0.05, 0) is 61.4 Å². The van der Waals surface area contributed by atoms with Crippen LogP contribution >= 0.6 is 22.9 Å². The number of amides is 2. The first-order valence-corrected chi connectivity index (χ1v) is 12.0. The molecule has 168 valence electrons. The number of rotatable bonds is 5. The zero-order valence-corrected chi connectivity index (χ0v) is 19.4. The van der Waals surface area contributed by atoms with Gasteiger partial charge in [-0.1, -0.05) is 23.7 Å². The van der Waals surface area contributed by atoms with Crippen molar-refractivity contribution in [3.8, 4) is 10.8 Å². The minimum absolute atomic E-state index is 0.0680. The lowest BCUT2D eigenvalue weighted by molar-refractivity contribution is -0.126. The quantitative estimate of drug-likeness (QED) is 0.417. The molecule has 1 aliphatic rings. The summed E-state index contributed by atoms with van der Waals surface area (Å²) < 4.78 is 7.03. The number of nitrogens with zero attached hydrogens (tertiary/aromatic N) is 2. The number of fused-ring (bicyclic) bond motifs is 1. The van der Waals surface area contributed by atoms with E-state index in [4.69, 9.17) is 16.0 Å². The molecule has 0 aliphatic carbocycles. The monoisotopic (exact) mass is 479 g/mol. The van der Waals surface area contributed by atoms with E-state index < -0.39 is 0 Å². The number of likely N-dealkylation sites (tertiary alicyclic amines) is 1. The van der Waals surface area contributed by atoms with Crippen molar-refractivity contribution in [1.82, 2.24) is 15.2 Å². The minimum Gasteiger partial charge on any atom is -0.457 e. The van der Waals surface area contributed by atoms with Gasteiger partial charge >= 0.3 is 0 Å². The molecule has 1 fully saturated rings. The van der Waals surface area contributed by atoms with Crippen LogP contribution in [0, 0.1) is 5.92 Å². The van der Waals surface area contributed by atoms with Crippen LogP contribution in [-0.4, -0.2) is 34.8 Å². The number of piperidine rings is 1. The van der Waals surface area contributed by atoms with Gasteiger partial charge in [-0.2, -0.15) is 0 Å². The molecular formula is C25H22ClN3O3S. The number of aromatic nitrogens is 1. The van der Waals surface area contributed by atoms with Gasteiger partial charge in [0.2, 0.25) is 5.91 Å². The highest BCUT2D eigenvalue weighted by Crippen LogP contribution is 2.31. The number of carbonyl (C=O) groups excluding carboxylic acids is 2. The first kappa shape index (κ1) is 21.7. The standard InChI is InChI=1S/C25H22ClN3O3S/c26-18-9-7-16(8-10-18)25(31)29-13-3-4-17(15-29)23(30)27-14-19-11-12-21(32-19)24-28-20-5-1-2-6-22(20)33-24/h1-2,5-12,17H,3-4,13-15H2,(H,27,30).